The van der Waals surface area contributed by atoms with Crippen molar-refractivity contribution in [2.45, 2.75) is 57.7 Å². The van der Waals surface area contributed by atoms with Crippen LogP contribution in [0.5, 0.6) is 0 Å². The average Bonchev–Trinajstić information content (AvgIpc) is 2.80. The van der Waals surface area contributed by atoms with Crippen LogP contribution in [0.1, 0.15) is 45.4 Å². The van der Waals surface area contributed by atoms with Crippen molar-refractivity contribution in [3.8, 4) is 0 Å². The lowest BCUT2D eigenvalue weighted by atomic mass is 9.88. The van der Waals surface area contributed by atoms with E-state index in [4.69, 9.17) is 4.74 Å². The number of hydrogen-bond acceptors (Lipinski definition) is 4. The minimum atomic E-state index is -0.546. The Labute approximate surface area is 144 Å². The highest BCUT2D eigenvalue weighted by molar-refractivity contribution is 5.90. The van der Waals surface area contributed by atoms with E-state index in [9.17, 15) is 15.0 Å². The number of ether oxygens (including phenoxy) is 1. The van der Waals surface area contributed by atoms with Gasteiger partial charge in [0.1, 0.15) is 6.10 Å². The van der Waals surface area contributed by atoms with Crippen molar-refractivity contribution < 1.29 is 19.7 Å². The summed E-state index contributed by atoms with van der Waals surface area (Å²) in [5, 5.41) is 19.7. The maximum absolute atomic E-state index is 11.9. The minimum absolute atomic E-state index is 0.0448. The highest BCUT2D eigenvalue weighted by atomic mass is 16.6. The Morgan fingerprint density at radius 2 is 2.04 bits per heavy atom. The molecule has 1 aliphatic heterocycles. The van der Waals surface area contributed by atoms with Gasteiger partial charge in [0.15, 0.2) is 0 Å². The van der Waals surface area contributed by atoms with E-state index in [1.165, 1.54) is 5.57 Å². The molecule has 2 N–H and O–H groups in total. The number of carbonyl (C=O) groups excluding carboxylic acids is 1. The Hall–Kier alpha value is -1.65. The van der Waals surface area contributed by atoms with Gasteiger partial charge in [0, 0.05) is 17.9 Å². The summed E-state index contributed by atoms with van der Waals surface area (Å²) < 4.78 is 5.49. The SMILES string of the molecule is C=C1C(=O)O[C@H]2C/C(C)=C/CCC(=C)[C@@H](O)CC/C(CO)=C/C[C@H]12. The Morgan fingerprint density at radius 3 is 2.75 bits per heavy atom. The summed E-state index contributed by atoms with van der Waals surface area (Å²) in [5.41, 5.74) is 3.38. The second-order valence-corrected chi connectivity index (χ2v) is 6.84. The number of esters is 1. The van der Waals surface area contributed by atoms with Crippen LogP contribution in [0.2, 0.25) is 0 Å². The van der Waals surface area contributed by atoms with Gasteiger partial charge in [-0.3, -0.25) is 0 Å². The Kier molecular flexibility index (Phi) is 6.58. The minimum Gasteiger partial charge on any atom is -0.458 e. The summed E-state index contributed by atoms with van der Waals surface area (Å²) in [5.74, 6) is -0.366. The van der Waals surface area contributed by atoms with Gasteiger partial charge in [-0.1, -0.05) is 30.9 Å². The normalized spacial score (nSPS) is 34.5. The fraction of sp³-hybridized carbons (Fsp3) is 0.550. The van der Waals surface area contributed by atoms with Gasteiger partial charge in [-0.15, -0.1) is 0 Å². The van der Waals surface area contributed by atoms with Gasteiger partial charge in [-0.25, -0.2) is 4.79 Å². The molecule has 1 aliphatic carbocycles. The second kappa shape index (κ2) is 8.45. The summed E-state index contributed by atoms with van der Waals surface area (Å²) >= 11 is 0. The maximum Gasteiger partial charge on any atom is 0.334 e. The van der Waals surface area contributed by atoms with E-state index in [1.54, 1.807) is 0 Å². The first-order chi connectivity index (χ1) is 11.4. The fourth-order valence-corrected chi connectivity index (χ4v) is 3.29. The molecule has 0 aromatic carbocycles. The first-order valence-electron chi connectivity index (χ1n) is 8.62. The molecular weight excluding hydrogens is 304 g/mol. The molecule has 0 aromatic heterocycles. The molecule has 0 spiro atoms. The quantitative estimate of drug-likeness (QED) is 0.439. The largest absolute Gasteiger partial charge is 0.458 e. The van der Waals surface area contributed by atoms with Crippen LogP contribution in [0, 0.1) is 5.92 Å². The molecule has 132 valence electrons. The molecule has 1 fully saturated rings. The van der Waals surface area contributed by atoms with Crippen LogP contribution in [0.4, 0.5) is 0 Å². The van der Waals surface area contributed by atoms with E-state index in [2.05, 4.69) is 19.2 Å². The molecule has 0 unspecified atom stereocenters. The average molecular weight is 332 g/mol. The van der Waals surface area contributed by atoms with Crippen molar-refractivity contribution in [1.82, 2.24) is 0 Å². The van der Waals surface area contributed by atoms with E-state index in [0.29, 0.717) is 31.3 Å². The van der Waals surface area contributed by atoms with E-state index >= 15 is 0 Å². The molecule has 4 heteroatoms. The molecule has 3 atom stereocenters. The van der Waals surface area contributed by atoms with Crippen LogP contribution in [-0.4, -0.2) is 35.0 Å². The highest BCUT2D eigenvalue weighted by Gasteiger charge is 2.37. The molecular formula is C20H28O4. The van der Waals surface area contributed by atoms with Crippen molar-refractivity contribution in [1.29, 1.82) is 0 Å². The number of aliphatic hydroxyl groups excluding tert-OH is 2. The Morgan fingerprint density at radius 1 is 1.29 bits per heavy atom. The van der Waals surface area contributed by atoms with Crippen LogP contribution in [0.3, 0.4) is 0 Å². The molecule has 2 rings (SSSR count). The monoisotopic (exact) mass is 332 g/mol. The summed E-state index contributed by atoms with van der Waals surface area (Å²) in [6.45, 7) is 9.84. The predicted molar refractivity (Wildman–Crippen MR) is 94.3 cm³/mol. The third kappa shape index (κ3) is 4.68. The zero-order chi connectivity index (χ0) is 17.7. The third-order valence-electron chi connectivity index (χ3n) is 4.97. The van der Waals surface area contributed by atoms with Gasteiger partial charge in [-0.05, 0) is 50.2 Å². The number of hydrogen-bond donors (Lipinski definition) is 2. The van der Waals surface area contributed by atoms with Gasteiger partial charge in [0.25, 0.3) is 0 Å². The molecule has 4 nitrogen and oxygen atoms in total. The summed E-state index contributed by atoms with van der Waals surface area (Å²) in [6, 6.07) is 0. The smallest absolute Gasteiger partial charge is 0.334 e. The zero-order valence-electron chi connectivity index (χ0n) is 14.5. The molecule has 0 saturated carbocycles. The molecule has 0 bridgehead atoms. The second-order valence-electron chi connectivity index (χ2n) is 6.84. The van der Waals surface area contributed by atoms with Crippen LogP contribution >= 0.6 is 0 Å². The van der Waals surface area contributed by atoms with Crippen molar-refractivity contribution in [2.75, 3.05) is 6.61 Å². The molecule has 0 amide bonds. The van der Waals surface area contributed by atoms with Gasteiger partial charge >= 0.3 is 5.97 Å². The zero-order valence-corrected chi connectivity index (χ0v) is 14.5. The maximum atomic E-state index is 11.9. The molecule has 1 heterocycles. The van der Waals surface area contributed by atoms with Crippen LogP contribution in [0.25, 0.3) is 0 Å². The first-order valence-corrected chi connectivity index (χ1v) is 8.62. The lowest BCUT2D eigenvalue weighted by molar-refractivity contribution is -0.139. The molecule has 0 aromatic rings. The van der Waals surface area contributed by atoms with Gasteiger partial charge in [-0.2, -0.15) is 0 Å². The molecule has 0 radical (unpaired) electrons. The number of rotatable bonds is 1. The van der Waals surface area contributed by atoms with E-state index in [1.807, 2.05) is 13.0 Å². The van der Waals surface area contributed by atoms with Crippen molar-refractivity contribution >= 4 is 5.97 Å². The van der Waals surface area contributed by atoms with Crippen LogP contribution in [0.15, 0.2) is 47.6 Å². The van der Waals surface area contributed by atoms with Gasteiger partial charge in [0.2, 0.25) is 0 Å². The summed E-state index contributed by atoms with van der Waals surface area (Å²) in [4.78, 5) is 11.9. The number of carbonyl (C=O) groups is 1. The number of allylic oxidation sites excluding steroid dienone is 2. The van der Waals surface area contributed by atoms with E-state index < -0.39 is 6.10 Å². The molecule has 2 aliphatic rings. The standard InChI is InChI=1S/C20H28O4/c1-13-5-4-6-14(2)18(22)10-8-16(12-21)7-9-17-15(3)20(23)24-19(17)11-13/h5,7,17-19,21-22H,2-4,6,8-12H2,1H3/b13-5+,16-7-/t17-,18+,19+/m1/s1. The number of fused-ring (bicyclic) bond motifs is 1. The lowest BCUT2D eigenvalue weighted by Gasteiger charge is -2.19. The van der Waals surface area contributed by atoms with Gasteiger partial charge in [0.05, 0.1) is 12.7 Å². The Bertz CT molecular complexity index is 570. The van der Waals surface area contributed by atoms with Crippen molar-refractivity contribution in [3.05, 3.63) is 47.6 Å². The summed E-state index contributed by atoms with van der Waals surface area (Å²) in [6.07, 6.45) is 7.39. The van der Waals surface area contributed by atoms with Crippen LogP contribution in [-0.2, 0) is 9.53 Å². The van der Waals surface area contributed by atoms with Crippen molar-refractivity contribution in [2.24, 2.45) is 5.92 Å². The van der Waals surface area contributed by atoms with E-state index in [0.717, 1.165) is 24.0 Å². The number of aliphatic hydroxyl groups is 2. The first kappa shape index (κ1) is 18.7. The summed E-state index contributed by atoms with van der Waals surface area (Å²) in [7, 11) is 0. The fourth-order valence-electron chi connectivity index (χ4n) is 3.29. The predicted octanol–water partition coefficient (Wildman–Crippen LogP) is 3.22. The van der Waals surface area contributed by atoms with Crippen LogP contribution < -0.4 is 0 Å². The molecule has 1 saturated heterocycles. The highest BCUT2D eigenvalue weighted by Crippen LogP contribution is 2.34. The van der Waals surface area contributed by atoms with Gasteiger partial charge < -0.3 is 14.9 Å². The Balaban J connectivity index is 2.22. The lowest BCUT2D eigenvalue weighted by Crippen LogP contribution is -2.17. The topological polar surface area (TPSA) is 66.8 Å². The van der Waals surface area contributed by atoms with Crippen molar-refractivity contribution in [3.63, 3.8) is 0 Å². The third-order valence-corrected chi connectivity index (χ3v) is 4.97. The van der Waals surface area contributed by atoms with E-state index in [-0.39, 0.29) is 24.6 Å². The molecule has 24 heavy (non-hydrogen) atoms.